The van der Waals surface area contributed by atoms with Crippen molar-refractivity contribution in [3.8, 4) is 0 Å². The lowest BCUT2D eigenvalue weighted by molar-refractivity contribution is 0.296. The zero-order chi connectivity index (χ0) is 14.9. The van der Waals surface area contributed by atoms with E-state index in [1.54, 1.807) is 6.20 Å². The fourth-order valence-corrected chi connectivity index (χ4v) is 4.04. The molecule has 2 N–H and O–H groups in total. The van der Waals surface area contributed by atoms with Gasteiger partial charge >= 0.3 is 0 Å². The molecule has 0 aliphatic carbocycles. The van der Waals surface area contributed by atoms with Crippen LogP contribution in [0, 0.1) is 6.92 Å². The molecule has 0 radical (unpaired) electrons. The van der Waals surface area contributed by atoms with Crippen molar-refractivity contribution in [3.05, 3.63) is 12.0 Å². The maximum atomic E-state index is 12.4. The second-order valence-electron chi connectivity index (χ2n) is 5.57. The fourth-order valence-electron chi connectivity index (χ4n) is 2.68. The van der Waals surface area contributed by atoms with E-state index in [2.05, 4.69) is 21.9 Å². The highest BCUT2D eigenvalue weighted by Crippen LogP contribution is 2.16. The first kappa shape index (κ1) is 15.5. The molecule has 2 heterocycles. The molecule has 1 aliphatic heterocycles. The lowest BCUT2D eigenvalue weighted by Crippen LogP contribution is -2.54. The number of piperidine rings is 1. The Labute approximate surface area is 121 Å². The molecule has 1 saturated heterocycles. The maximum Gasteiger partial charge on any atom is 0.259 e. The molecule has 0 saturated carbocycles. The third-order valence-electron chi connectivity index (χ3n) is 3.94. The number of hydrogen-bond acceptors (Lipinski definition) is 4. The first-order chi connectivity index (χ1) is 9.33. The van der Waals surface area contributed by atoms with Crippen LogP contribution >= 0.6 is 0 Å². The summed E-state index contributed by atoms with van der Waals surface area (Å²) in [7, 11) is -3.54. The van der Waals surface area contributed by atoms with Gasteiger partial charge in [0.15, 0.2) is 5.03 Å². The summed E-state index contributed by atoms with van der Waals surface area (Å²) in [5, 5.41) is 3.49. The third kappa shape index (κ3) is 3.21. The Morgan fingerprint density at radius 2 is 2.15 bits per heavy atom. The van der Waals surface area contributed by atoms with E-state index >= 15 is 0 Å². The van der Waals surface area contributed by atoms with Gasteiger partial charge in [0.05, 0.1) is 0 Å². The molecule has 20 heavy (non-hydrogen) atoms. The molecule has 6 nitrogen and oxygen atoms in total. The number of rotatable bonds is 4. The molecule has 3 atom stereocenters. The van der Waals surface area contributed by atoms with E-state index in [9.17, 15) is 8.42 Å². The third-order valence-corrected chi connectivity index (χ3v) is 5.30. The summed E-state index contributed by atoms with van der Waals surface area (Å²) in [6.07, 6.45) is 3.42. The van der Waals surface area contributed by atoms with Gasteiger partial charge in [0.2, 0.25) is 0 Å². The molecule has 2 rings (SSSR count). The Bertz CT molecular complexity index is 567. The summed E-state index contributed by atoms with van der Waals surface area (Å²) in [4.78, 5) is 4.15. The smallest absolute Gasteiger partial charge is 0.259 e. The Morgan fingerprint density at radius 3 is 2.70 bits per heavy atom. The van der Waals surface area contributed by atoms with Crippen LogP contribution in [0.25, 0.3) is 0 Å². The van der Waals surface area contributed by atoms with Crippen LogP contribution in [0.3, 0.4) is 0 Å². The minimum Gasteiger partial charge on any atom is -0.334 e. The summed E-state index contributed by atoms with van der Waals surface area (Å²) in [5.41, 5.74) is 0. The van der Waals surface area contributed by atoms with Crippen LogP contribution < -0.4 is 10.0 Å². The highest BCUT2D eigenvalue weighted by molar-refractivity contribution is 7.89. The number of aryl methyl sites for hydroxylation is 2. The zero-order valence-electron chi connectivity index (χ0n) is 12.5. The molecule has 114 valence electrons. The second kappa shape index (κ2) is 5.83. The predicted octanol–water partition coefficient (Wildman–Crippen LogP) is 1.02. The number of sulfonamides is 1. The molecule has 3 unspecified atom stereocenters. The van der Waals surface area contributed by atoms with Crippen molar-refractivity contribution in [1.82, 2.24) is 19.6 Å². The summed E-state index contributed by atoms with van der Waals surface area (Å²) in [5.74, 6) is 0.719. The number of hydrogen-bond donors (Lipinski definition) is 2. The summed E-state index contributed by atoms with van der Waals surface area (Å²) < 4.78 is 29.4. The Balaban J connectivity index is 2.14. The Hall–Kier alpha value is -0.920. The van der Waals surface area contributed by atoms with Gasteiger partial charge in [-0.3, -0.25) is 0 Å². The molecule has 1 aromatic rings. The van der Waals surface area contributed by atoms with Gasteiger partial charge in [-0.25, -0.2) is 18.1 Å². The maximum absolute atomic E-state index is 12.4. The minimum absolute atomic E-state index is 0.0803. The zero-order valence-corrected chi connectivity index (χ0v) is 13.4. The number of aromatic nitrogens is 2. The fraction of sp³-hybridized carbons (Fsp3) is 0.769. The van der Waals surface area contributed by atoms with E-state index in [4.69, 9.17) is 0 Å². The molecule has 0 spiro atoms. The molecule has 1 aromatic heterocycles. The topological polar surface area (TPSA) is 76.0 Å². The minimum atomic E-state index is -3.54. The number of nitrogens with zero attached hydrogens (tertiary/aromatic N) is 2. The van der Waals surface area contributed by atoms with Gasteiger partial charge in [-0.15, -0.1) is 0 Å². The first-order valence-corrected chi connectivity index (χ1v) is 8.64. The molecular formula is C13H24N4O2S. The van der Waals surface area contributed by atoms with Gasteiger partial charge in [0.25, 0.3) is 10.0 Å². The summed E-state index contributed by atoms with van der Waals surface area (Å²) in [6.45, 7) is 8.63. The largest absolute Gasteiger partial charge is 0.334 e. The van der Waals surface area contributed by atoms with Crippen LogP contribution in [-0.4, -0.2) is 36.1 Å². The van der Waals surface area contributed by atoms with E-state index in [0.717, 1.165) is 18.7 Å². The van der Waals surface area contributed by atoms with E-state index in [1.165, 1.54) is 0 Å². The monoisotopic (exact) mass is 300 g/mol. The van der Waals surface area contributed by atoms with Crippen molar-refractivity contribution >= 4 is 10.0 Å². The van der Waals surface area contributed by atoms with Crippen molar-refractivity contribution in [3.63, 3.8) is 0 Å². The quantitative estimate of drug-likeness (QED) is 0.870. The Kier molecular flexibility index (Phi) is 4.51. The highest BCUT2D eigenvalue weighted by Gasteiger charge is 2.30. The number of imidazole rings is 1. The van der Waals surface area contributed by atoms with E-state index in [1.807, 2.05) is 25.3 Å². The lowest BCUT2D eigenvalue weighted by Gasteiger charge is -2.34. The van der Waals surface area contributed by atoms with Crippen LogP contribution in [-0.2, 0) is 16.6 Å². The van der Waals surface area contributed by atoms with E-state index in [-0.39, 0.29) is 17.1 Å². The molecule has 1 aliphatic rings. The van der Waals surface area contributed by atoms with E-state index < -0.39 is 10.0 Å². The predicted molar refractivity (Wildman–Crippen MR) is 78.0 cm³/mol. The Morgan fingerprint density at radius 1 is 1.45 bits per heavy atom. The second-order valence-corrected chi connectivity index (χ2v) is 7.23. The lowest BCUT2D eigenvalue weighted by atomic mass is 9.96. The van der Waals surface area contributed by atoms with E-state index in [0.29, 0.717) is 12.6 Å². The van der Waals surface area contributed by atoms with Gasteiger partial charge in [0.1, 0.15) is 5.82 Å². The summed E-state index contributed by atoms with van der Waals surface area (Å²) >= 11 is 0. The molecule has 0 aromatic carbocycles. The molecule has 7 heteroatoms. The highest BCUT2D eigenvalue weighted by atomic mass is 32.2. The van der Waals surface area contributed by atoms with Crippen molar-refractivity contribution in [2.75, 3.05) is 0 Å². The standard InChI is InChI=1S/C13H24N4O2S/c1-5-17-8-13(15-11(17)4)20(18,19)16-12-7-6-9(2)14-10(12)3/h8-10,12,14,16H,5-7H2,1-4H3. The average Bonchev–Trinajstić information content (AvgIpc) is 2.75. The normalized spacial score (nSPS) is 27.7. The van der Waals surface area contributed by atoms with Crippen LogP contribution in [0.15, 0.2) is 11.2 Å². The molecular weight excluding hydrogens is 276 g/mol. The average molecular weight is 300 g/mol. The van der Waals surface area contributed by atoms with Gasteiger partial charge < -0.3 is 9.88 Å². The van der Waals surface area contributed by atoms with Crippen LogP contribution in [0.4, 0.5) is 0 Å². The van der Waals surface area contributed by atoms with Crippen molar-refractivity contribution in [1.29, 1.82) is 0 Å². The van der Waals surface area contributed by atoms with Gasteiger partial charge in [-0.1, -0.05) is 0 Å². The van der Waals surface area contributed by atoms with Gasteiger partial charge in [-0.2, -0.15) is 0 Å². The van der Waals surface area contributed by atoms with Crippen LogP contribution in [0.1, 0.15) is 39.4 Å². The van der Waals surface area contributed by atoms with Crippen molar-refractivity contribution < 1.29 is 8.42 Å². The molecule has 1 fully saturated rings. The molecule has 0 bridgehead atoms. The van der Waals surface area contributed by atoms with Gasteiger partial charge in [0, 0.05) is 30.9 Å². The molecule has 0 amide bonds. The van der Waals surface area contributed by atoms with Crippen LogP contribution in [0.5, 0.6) is 0 Å². The van der Waals surface area contributed by atoms with Crippen molar-refractivity contribution in [2.45, 2.75) is 70.2 Å². The summed E-state index contributed by atoms with van der Waals surface area (Å²) in [6, 6.07) is 0.485. The number of nitrogens with one attached hydrogen (secondary N) is 2. The van der Waals surface area contributed by atoms with Crippen molar-refractivity contribution in [2.24, 2.45) is 0 Å². The van der Waals surface area contributed by atoms with Gasteiger partial charge in [-0.05, 0) is 40.5 Å². The SMILES string of the molecule is CCn1cc(S(=O)(=O)NC2CCC(C)NC2C)nc1C. The first-order valence-electron chi connectivity index (χ1n) is 7.15. The van der Waals surface area contributed by atoms with Crippen LogP contribution in [0.2, 0.25) is 0 Å².